The van der Waals surface area contributed by atoms with E-state index in [1.165, 1.54) is 0 Å². The SMILES string of the molecule is CC(C)(C)O[PH](OC(C)(C)C)(OC(C)(C)C)C(C)(C)C. The third-order valence-corrected chi connectivity index (χ3v) is 6.72. The van der Waals surface area contributed by atoms with E-state index in [2.05, 4.69) is 83.1 Å². The molecule has 0 radical (unpaired) electrons. The van der Waals surface area contributed by atoms with Gasteiger partial charge in [0.1, 0.15) is 0 Å². The Morgan fingerprint density at radius 2 is 0.650 bits per heavy atom. The van der Waals surface area contributed by atoms with Gasteiger partial charge in [-0.2, -0.15) is 0 Å². The Kier molecular flexibility index (Phi) is 5.93. The molecule has 0 spiro atoms. The summed E-state index contributed by atoms with van der Waals surface area (Å²) >= 11 is 0. The van der Waals surface area contributed by atoms with E-state index in [1.807, 2.05) is 0 Å². The van der Waals surface area contributed by atoms with E-state index < -0.39 is 7.94 Å². The predicted molar refractivity (Wildman–Crippen MR) is 90.6 cm³/mol. The van der Waals surface area contributed by atoms with Crippen LogP contribution in [-0.2, 0) is 13.6 Å². The van der Waals surface area contributed by atoms with Crippen LogP contribution in [0.4, 0.5) is 0 Å². The molecule has 20 heavy (non-hydrogen) atoms. The third kappa shape index (κ3) is 7.36. The summed E-state index contributed by atoms with van der Waals surface area (Å²) in [5.74, 6) is 0. The van der Waals surface area contributed by atoms with Gasteiger partial charge in [0.05, 0.1) is 0 Å². The van der Waals surface area contributed by atoms with E-state index in [4.69, 9.17) is 13.6 Å². The van der Waals surface area contributed by atoms with Crippen LogP contribution >= 0.6 is 7.94 Å². The second-order valence-electron chi connectivity index (χ2n) is 9.45. The van der Waals surface area contributed by atoms with Crippen LogP contribution in [0.3, 0.4) is 0 Å². The zero-order chi connectivity index (χ0) is 16.6. The molecule has 0 saturated carbocycles. The minimum absolute atomic E-state index is 0.194. The maximum absolute atomic E-state index is 6.44. The summed E-state index contributed by atoms with van der Waals surface area (Å²) < 4.78 is 19.3. The van der Waals surface area contributed by atoms with Crippen LogP contribution in [0, 0.1) is 0 Å². The molecule has 0 aliphatic carbocycles. The van der Waals surface area contributed by atoms with Gasteiger partial charge in [-0.25, -0.2) is 0 Å². The van der Waals surface area contributed by atoms with E-state index >= 15 is 0 Å². The second-order valence-corrected chi connectivity index (χ2v) is 12.7. The summed E-state index contributed by atoms with van der Waals surface area (Å²) in [6, 6.07) is 0. The van der Waals surface area contributed by atoms with Crippen molar-refractivity contribution in [1.82, 2.24) is 0 Å². The summed E-state index contributed by atoms with van der Waals surface area (Å²) in [4.78, 5) is 0. The summed E-state index contributed by atoms with van der Waals surface area (Å²) in [5.41, 5.74) is -0.929. The van der Waals surface area contributed by atoms with Gasteiger partial charge in [-0.15, -0.1) is 0 Å². The maximum atomic E-state index is 6.44. The van der Waals surface area contributed by atoms with Crippen LogP contribution in [0.25, 0.3) is 0 Å². The molecule has 0 amide bonds. The normalized spacial score (nSPS) is 16.4. The Balaban J connectivity index is 5.78. The summed E-state index contributed by atoms with van der Waals surface area (Å²) in [5, 5.41) is -0.194. The predicted octanol–water partition coefficient (Wildman–Crippen LogP) is 5.73. The Morgan fingerprint density at radius 3 is 0.750 bits per heavy atom. The van der Waals surface area contributed by atoms with Crippen LogP contribution in [0.1, 0.15) is 83.1 Å². The number of hydrogen-bond acceptors (Lipinski definition) is 3. The first-order chi connectivity index (χ1) is 8.37. The van der Waals surface area contributed by atoms with Crippen LogP contribution in [0.5, 0.6) is 0 Å². The van der Waals surface area contributed by atoms with Crippen LogP contribution in [0.15, 0.2) is 0 Å². The Labute approximate surface area is 127 Å². The fourth-order valence-electron chi connectivity index (χ4n) is 1.73. The summed E-state index contributed by atoms with van der Waals surface area (Å²) in [6.07, 6.45) is 0. The molecule has 0 aromatic heterocycles. The molecule has 4 heteroatoms. The molecule has 124 valence electrons. The summed E-state index contributed by atoms with van der Waals surface area (Å²) in [6.45, 7) is 24.9. The molecule has 0 saturated heterocycles. The monoisotopic (exact) mass is 308 g/mol. The quantitative estimate of drug-likeness (QED) is 0.624. The fraction of sp³-hybridized carbons (Fsp3) is 1.00. The van der Waals surface area contributed by atoms with Gasteiger partial charge in [-0.3, -0.25) is 0 Å². The van der Waals surface area contributed by atoms with E-state index in [0.29, 0.717) is 0 Å². The molecule has 0 heterocycles. The van der Waals surface area contributed by atoms with Crippen molar-refractivity contribution in [2.24, 2.45) is 0 Å². The van der Waals surface area contributed by atoms with Gasteiger partial charge in [-0.1, -0.05) is 0 Å². The zero-order valence-electron chi connectivity index (χ0n) is 15.7. The second kappa shape index (κ2) is 5.83. The van der Waals surface area contributed by atoms with Crippen LogP contribution in [0.2, 0.25) is 0 Å². The number of hydrogen-bond donors (Lipinski definition) is 0. The molecule has 0 rings (SSSR count). The number of rotatable bonds is 3. The van der Waals surface area contributed by atoms with Crippen molar-refractivity contribution in [2.45, 2.75) is 105 Å². The van der Waals surface area contributed by atoms with Crippen LogP contribution < -0.4 is 0 Å². The molecule has 3 nitrogen and oxygen atoms in total. The van der Waals surface area contributed by atoms with Crippen molar-refractivity contribution >= 4 is 7.94 Å². The fourth-order valence-corrected chi connectivity index (χ4v) is 5.19. The molecule has 0 fully saturated rings. The van der Waals surface area contributed by atoms with Crippen molar-refractivity contribution in [3.05, 3.63) is 0 Å². The molecule has 0 aromatic rings. The van der Waals surface area contributed by atoms with Crippen molar-refractivity contribution in [3.63, 3.8) is 0 Å². The molecule has 0 atom stereocenters. The molecule has 0 bridgehead atoms. The third-order valence-electron chi connectivity index (χ3n) is 2.24. The van der Waals surface area contributed by atoms with Crippen molar-refractivity contribution in [1.29, 1.82) is 0 Å². The van der Waals surface area contributed by atoms with Gasteiger partial charge in [0, 0.05) is 0 Å². The van der Waals surface area contributed by atoms with Crippen molar-refractivity contribution < 1.29 is 13.6 Å². The van der Waals surface area contributed by atoms with Gasteiger partial charge >= 0.3 is 127 Å². The van der Waals surface area contributed by atoms with Gasteiger partial charge in [-0.05, 0) is 0 Å². The van der Waals surface area contributed by atoms with Gasteiger partial charge in [0.25, 0.3) is 0 Å². The summed E-state index contributed by atoms with van der Waals surface area (Å²) in [7, 11) is -2.90. The van der Waals surface area contributed by atoms with Gasteiger partial charge < -0.3 is 0 Å². The molecular formula is C16H37O3P. The zero-order valence-corrected chi connectivity index (χ0v) is 16.7. The van der Waals surface area contributed by atoms with E-state index in [-0.39, 0.29) is 22.0 Å². The van der Waals surface area contributed by atoms with Gasteiger partial charge in [0.2, 0.25) is 0 Å². The Morgan fingerprint density at radius 1 is 0.450 bits per heavy atom. The molecule has 0 aliphatic heterocycles. The minimum atomic E-state index is -2.90. The average Bonchev–Trinajstić information content (AvgIpc) is 1.88. The van der Waals surface area contributed by atoms with Crippen molar-refractivity contribution in [2.75, 3.05) is 0 Å². The topological polar surface area (TPSA) is 27.7 Å². The Bertz CT molecular complexity index is 270. The molecule has 0 aliphatic rings. The Hall–Kier alpha value is 0.310. The van der Waals surface area contributed by atoms with Gasteiger partial charge in [0.15, 0.2) is 0 Å². The molecule has 0 N–H and O–H groups in total. The van der Waals surface area contributed by atoms with Crippen molar-refractivity contribution in [3.8, 4) is 0 Å². The molecular weight excluding hydrogens is 271 g/mol. The molecule has 0 unspecified atom stereocenters. The van der Waals surface area contributed by atoms with Crippen LogP contribution in [-0.4, -0.2) is 22.0 Å². The first-order valence-electron chi connectivity index (χ1n) is 7.47. The average molecular weight is 308 g/mol. The molecule has 0 aromatic carbocycles. The standard InChI is InChI=1S/C16H37O3P/c1-13(2,3)17-20(16(10,11)12,18-14(4,5)6)19-15(7,8)9/h20H,1-12H3. The first-order valence-corrected chi connectivity index (χ1v) is 9.20. The van der Waals surface area contributed by atoms with E-state index in [0.717, 1.165) is 0 Å². The van der Waals surface area contributed by atoms with E-state index in [9.17, 15) is 0 Å². The van der Waals surface area contributed by atoms with E-state index in [1.54, 1.807) is 0 Å². The first kappa shape index (κ1) is 20.3.